The molecule has 210 valence electrons. The highest BCUT2D eigenvalue weighted by molar-refractivity contribution is 5.92. The molecule has 41 heavy (non-hydrogen) atoms. The number of benzene rings is 4. The molecule has 0 radical (unpaired) electrons. The fourth-order valence-electron chi connectivity index (χ4n) is 4.84. The number of fused-ring (bicyclic) bond motifs is 3. The van der Waals surface area contributed by atoms with E-state index in [1.54, 1.807) is 12.2 Å². The minimum atomic E-state index is 0.368. The maximum atomic E-state index is 9.77. The van der Waals surface area contributed by atoms with Crippen molar-refractivity contribution in [3.63, 3.8) is 0 Å². The Morgan fingerprint density at radius 1 is 0.951 bits per heavy atom. The Bertz CT molecular complexity index is 1610. The van der Waals surface area contributed by atoms with Crippen LogP contribution in [-0.4, -0.2) is 19.7 Å². The quantitative estimate of drug-likeness (QED) is 0.124. The molecule has 1 aliphatic rings. The molecule has 0 aliphatic carbocycles. The van der Waals surface area contributed by atoms with Crippen LogP contribution < -0.4 is 19.7 Å². The van der Waals surface area contributed by atoms with Gasteiger partial charge in [-0.05, 0) is 65.4 Å². The fourth-order valence-corrected chi connectivity index (χ4v) is 4.84. The highest BCUT2D eigenvalue weighted by atomic mass is 16.5. The minimum Gasteiger partial charge on any atom is -0.483 e. The van der Waals surface area contributed by atoms with E-state index in [1.807, 2.05) is 50.3 Å². The molecule has 5 rings (SSSR count). The maximum Gasteiger partial charge on any atom is 0.200 e. The molecule has 1 aliphatic heterocycles. The van der Waals surface area contributed by atoms with E-state index in [0.717, 1.165) is 70.8 Å². The van der Waals surface area contributed by atoms with Crippen LogP contribution in [0.5, 0.6) is 11.5 Å². The van der Waals surface area contributed by atoms with Gasteiger partial charge in [0, 0.05) is 24.1 Å². The summed E-state index contributed by atoms with van der Waals surface area (Å²) in [7, 11) is 0. The molecule has 0 saturated carbocycles. The predicted molar refractivity (Wildman–Crippen MR) is 171 cm³/mol. The van der Waals surface area contributed by atoms with Crippen molar-refractivity contribution >= 4 is 32.9 Å². The molecular formula is C36H40N3O2+. The molecule has 0 saturated heterocycles. The molecule has 0 amide bonds. The maximum absolute atomic E-state index is 9.77. The lowest BCUT2D eigenvalue weighted by atomic mass is 10.1. The minimum absolute atomic E-state index is 0.368. The zero-order valence-electron chi connectivity index (χ0n) is 24.6. The summed E-state index contributed by atoms with van der Waals surface area (Å²) in [6.07, 6.45) is 9.44. The zero-order valence-corrected chi connectivity index (χ0v) is 24.6. The lowest BCUT2D eigenvalue weighted by Crippen LogP contribution is -2.77. The van der Waals surface area contributed by atoms with E-state index >= 15 is 0 Å². The number of allylic oxidation sites excluding steroid dienone is 4. The van der Waals surface area contributed by atoms with Gasteiger partial charge in [-0.15, -0.1) is 0 Å². The number of hydrogen-bond donors (Lipinski definition) is 1. The number of quaternary nitrogens is 1. The van der Waals surface area contributed by atoms with Crippen molar-refractivity contribution in [1.29, 1.82) is 5.26 Å². The van der Waals surface area contributed by atoms with Gasteiger partial charge in [0.05, 0.1) is 23.9 Å². The normalized spacial score (nSPS) is 13.7. The third kappa shape index (κ3) is 6.98. The summed E-state index contributed by atoms with van der Waals surface area (Å²) in [6, 6.07) is 27.3. The van der Waals surface area contributed by atoms with Crippen LogP contribution in [0.2, 0.25) is 0 Å². The second-order valence-corrected chi connectivity index (χ2v) is 9.57. The smallest absolute Gasteiger partial charge is 0.200 e. The second-order valence-electron chi connectivity index (χ2n) is 9.57. The lowest BCUT2D eigenvalue weighted by Gasteiger charge is -2.17. The first kappa shape index (κ1) is 29.5. The summed E-state index contributed by atoms with van der Waals surface area (Å²) in [5, 5.41) is 16.6. The summed E-state index contributed by atoms with van der Waals surface area (Å²) < 4.78 is 12.5. The van der Waals surface area contributed by atoms with E-state index in [9.17, 15) is 5.26 Å². The van der Waals surface area contributed by atoms with E-state index in [4.69, 9.17) is 9.47 Å². The van der Waals surface area contributed by atoms with E-state index in [2.05, 4.69) is 78.7 Å². The van der Waals surface area contributed by atoms with Gasteiger partial charge in [-0.25, -0.2) is 0 Å². The van der Waals surface area contributed by atoms with Gasteiger partial charge in [0.15, 0.2) is 17.2 Å². The van der Waals surface area contributed by atoms with E-state index in [0.29, 0.717) is 12.2 Å². The number of nitriles is 1. The summed E-state index contributed by atoms with van der Waals surface area (Å²) in [5.74, 6) is 2.46. The van der Waals surface area contributed by atoms with E-state index < -0.39 is 0 Å². The van der Waals surface area contributed by atoms with Crippen molar-refractivity contribution in [2.24, 2.45) is 0 Å². The lowest BCUT2D eigenvalue weighted by molar-refractivity contribution is -0.571. The number of rotatable bonds is 10. The summed E-state index contributed by atoms with van der Waals surface area (Å²) in [6.45, 7) is 10.5. The molecule has 2 N–H and O–H groups in total. The standard InChI is InChI=1S/C34H33N3O2.C2H6/c1-3-19-36-30-17-16-26-11-7-8-14-29(26)34(30)38-21-9-10-25(24-35)15-18-33-37(20-4-2)31-22-27-12-5-6-13-28(27)23-32(31)39-33;1-2/h5-18,22-23,36H,3-4,19-21H2,1-2H3;1-2H3/p+1/b10-9+,25-15-,33-18-;. The molecule has 0 fully saturated rings. The highest BCUT2D eigenvalue weighted by Crippen LogP contribution is 2.42. The van der Waals surface area contributed by atoms with Gasteiger partial charge in [-0.2, -0.15) is 5.26 Å². The average Bonchev–Trinajstić information content (AvgIpc) is 3.35. The molecule has 0 bridgehead atoms. The van der Waals surface area contributed by atoms with Crippen LogP contribution in [0.1, 0.15) is 40.5 Å². The third-order valence-electron chi connectivity index (χ3n) is 6.76. The van der Waals surface area contributed by atoms with Crippen molar-refractivity contribution in [1.82, 2.24) is 0 Å². The number of hydrogen-bond acceptors (Lipinski definition) is 4. The third-order valence-corrected chi connectivity index (χ3v) is 6.76. The van der Waals surface area contributed by atoms with Gasteiger partial charge in [0.25, 0.3) is 0 Å². The molecule has 5 heteroatoms. The van der Waals surface area contributed by atoms with Crippen molar-refractivity contribution in [3.05, 3.63) is 109 Å². The monoisotopic (exact) mass is 546 g/mol. The first-order valence-corrected chi connectivity index (χ1v) is 14.7. The summed E-state index contributed by atoms with van der Waals surface area (Å²) in [5.41, 5.74) is 2.69. The van der Waals surface area contributed by atoms with Crippen LogP contribution in [0.3, 0.4) is 0 Å². The van der Waals surface area contributed by atoms with Gasteiger partial charge in [-0.1, -0.05) is 76.2 Å². The van der Waals surface area contributed by atoms with Gasteiger partial charge in [0.1, 0.15) is 6.61 Å². The first-order chi connectivity index (χ1) is 20.2. The topological polar surface area (TPSA) is 62.1 Å². The molecular weight excluding hydrogens is 506 g/mol. The SMILES string of the molecule is CC.CCC[NH2+]c1ccc2ccccc2c1OC/C=C/C(C#N)=C/C=C1\Oc2cc3ccccc3cc2N1CCC. The van der Waals surface area contributed by atoms with Crippen LogP contribution in [0, 0.1) is 11.3 Å². The average molecular weight is 547 g/mol. The predicted octanol–water partition coefficient (Wildman–Crippen LogP) is 8.16. The van der Waals surface area contributed by atoms with Crippen LogP contribution in [0.4, 0.5) is 11.4 Å². The zero-order chi connectivity index (χ0) is 29.0. The Hall–Kier alpha value is -4.53. The van der Waals surface area contributed by atoms with Gasteiger partial charge >= 0.3 is 0 Å². The molecule has 5 nitrogen and oxygen atoms in total. The Labute approximate surface area is 244 Å². The van der Waals surface area contributed by atoms with Crippen molar-refractivity contribution < 1.29 is 14.8 Å². The Balaban J connectivity index is 0.00000189. The molecule has 1 heterocycles. The number of nitrogens with two attached hydrogens (primary N) is 1. The summed E-state index contributed by atoms with van der Waals surface area (Å²) in [4.78, 5) is 2.18. The Morgan fingerprint density at radius 2 is 1.68 bits per heavy atom. The number of ether oxygens (including phenoxy) is 2. The Morgan fingerprint density at radius 3 is 2.41 bits per heavy atom. The second kappa shape index (κ2) is 14.7. The molecule has 4 aromatic carbocycles. The van der Waals surface area contributed by atoms with Crippen LogP contribution in [0.15, 0.2) is 109 Å². The van der Waals surface area contributed by atoms with E-state index in [1.165, 1.54) is 5.39 Å². The largest absolute Gasteiger partial charge is 0.483 e. The van der Waals surface area contributed by atoms with Gasteiger partial charge < -0.3 is 19.7 Å². The molecule has 0 aromatic heterocycles. The molecule has 4 aromatic rings. The van der Waals surface area contributed by atoms with Gasteiger partial charge in [0.2, 0.25) is 5.88 Å². The Kier molecular flexibility index (Phi) is 10.6. The number of nitrogens with zero attached hydrogens (tertiary/aromatic N) is 2. The highest BCUT2D eigenvalue weighted by Gasteiger charge is 2.25. The fraction of sp³-hybridized carbons (Fsp3) is 0.250. The molecule has 0 unspecified atom stereocenters. The van der Waals surface area contributed by atoms with Crippen molar-refractivity contribution in [3.8, 4) is 17.6 Å². The van der Waals surface area contributed by atoms with Crippen LogP contribution in [0.25, 0.3) is 21.5 Å². The van der Waals surface area contributed by atoms with Crippen LogP contribution >= 0.6 is 0 Å². The molecule has 0 atom stereocenters. The summed E-state index contributed by atoms with van der Waals surface area (Å²) >= 11 is 0. The molecule has 0 spiro atoms. The van der Waals surface area contributed by atoms with Gasteiger partial charge in [-0.3, -0.25) is 0 Å². The first-order valence-electron chi connectivity index (χ1n) is 14.7. The number of anilines is 1. The van der Waals surface area contributed by atoms with Crippen molar-refractivity contribution in [2.75, 3.05) is 24.6 Å². The van der Waals surface area contributed by atoms with Crippen molar-refractivity contribution in [2.45, 2.75) is 40.5 Å². The van der Waals surface area contributed by atoms with Crippen LogP contribution in [-0.2, 0) is 0 Å². The van der Waals surface area contributed by atoms with E-state index in [-0.39, 0.29) is 0 Å².